The summed E-state index contributed by atoms with van der Waals surface area (Å²) in [5, 5.41) is 3.09. The number of nitrogens with zero attached hydrogens (tertiary/aromatic N) is 1. The zero-order valence-electron chi connectivity index (χ0n) is 15.7. The van der Waals surface area contributed by atoms with Crippen molar-refractivity contribution in [3.8, 4) is 0 Å². The van der Waals surface area contributed by atoms with Gasteiger partial charge in [-0.25, -0.2) is 8.42 Å². The fraction of sp³-hybridized carbons (Fsp3) is 0.316. The van der Waals surface area contributed by atoms with Crippen LogP contribution in [0.4, 0.5) is 5.69 Å². The van der Waals surface area contributed by atoms with Gasteiger partial charge < -0.3 is 5.32 Å². The van der Waals surface area contributed by atoms with Crippen molar-refractivity contribution in [2.45, 2.75) is 30.6 Å². The summed E-state index contributed by atoms with van der Waals surface area (Å²) >= 11 is 7.66. The number of nitrogens with one attached hydrogen (secondary N) is 1. The first-order valence-electron chi connectivity index (χ1n) is 8.50. The number of carbonyl (C=O) groups is 1. The first-order valence-corrected chi connectivity index (χ1v) is 11.5. The van der Waals surface area contributed by atoms with Crippen molar-refractivity contribution in [3.05, 3.63) is 52.5 Å². The molecule has 0 saturated heterocycles. The van der Waals surface area contributed by atoms with Gasteiger partial charge in [-0.3, -0.25) is 4.79 Å². The lowest BCUT2D eigenvalue weighted by Gasteiger charge is -2.20. The number of halogens is 1. The molecule has 27 heavy (non-hydrogen) atoms. The molecule has 0 saturated carbocycles. The average Bonchev–Trinajstić information content (AvgIpc) is 2.64. The molecule has 0 atom stereocenters. The number of sulfonamides is 1. The molecule has 0 aliphatic carbocycles. The highest BCUT2D eigenvalue weighted by Crippen LogP contribution is 2.26. The number of benzene rings is 2. The average molecular weight is 427 g/mol. The smallest absolute Gasteiger partial charge is 0.257 e. The topological polar surface area (TPSA) is 66.5 Å². The maximum atomic E-state index is 12.9. The summed E-state index contributed by atoms with van der Waals surface area (Å²) < 4.78 is 27.1. The molecule has 8 heteroatoms. The zero-order valence-corrected chi connectivity index (χ0v) is 18.1. The minimum absolute atomic E-state index is 0.188. The highest BCUT2D eigenvalue weighted by molar-refractivity contribution is 7.98. The minimum atomic E-state index is -3.62. The third-order valence-corrected chi connectivity index (χ3v) is 7.43. The van der Waals surface area contributed by atoms with Gasteiger partial charge in [0, 0.05) is 23.7 Å². The summed E-state index contributed by atoms with van der Waals surface area (Å²) in [5.41, 5.74) is 1.38. The fourth-order valence-electron chi connectivity index (χ4n) is 2.66. The van der Waals surface area contributed by atoms with Crippen molar-refractivity contribution in [1.29, 1.82) is 0 Å². The number of anilines is 1. The maximum absolute atomic E-state index is 12.9. The van der Waals surface area contributed by atoms with Crippen LogP contribution in [-0.4, -0.2) is 38.0 Å². The molecule has 5 nitrogen and oxygen atoms in total. The van der Waals surface area contributed by atoms with E-state index >= 15 is 0 Å². The summed E-state index contributed by atoms with van der Waals surface area (Å²) in [6.45, 7) is 6.09. The van der Waals surface area contributed by atoms with Gasteiger partial charge in [0.15, 0.2) is 0 Å². The second-order valence-corrected chi connectivity index (χ2v) is 9.06. The Labute approximate surface area is 170 Å². The molecule has 1 amide bonds. The molecule has 0 aliphatic rings. The zero-order chi connectivity index (χ0) is 20.2. The van der Waals surface area contributed by atoms with Crippen LogP contribution in [0.25, 0.3) is 0 Å². The van der Waals surface area contributed by atoms with E-state index < -0.39 is 10.0 Å². The Morgan fingerprint density at radius 1 is 1.15 bits per heavy atom. The van der Waals surface area contributed by atoms with Gasteiger partial charge in [0.25, 0.3) is 5.91 Å². The number of aryl methyl sites for hydroxylation is 1. The molecular formula is C19H23ClN2O3S2. The largest absolute Gasteiger partial charge is 0.322 e. The fourth-order valence-corrected chi connectivity index (χ4v) is 5.01. The van der Waals surface area contributed by atoms with Crippen molar-refractivity contribution >= 4 is 45.0 Å². The van der Waals surface area contributed by atoms with Gasteiger partial charge in [-0.05, 0) is 49.1 Å². The number of hydrogen-bond acceptors (Lipinski definition) is 4. The van der Waals surface area contributed by atoms with Crippen molar-refractivity contribution in [1.82, 2.24) is 4.31 Å². The molecule has 0 spiro atoms. The highest BCUT2D eigenvalue weighted by atomic mass is 35.5. The predicted octanol–water partition coefficient (Wildman–Crippen LogP) is 4.65. The van der Waals surface area contributed by atoms with Gasteiger partial charge in [0.05, 0.1) is 15.5 Å². The highest BCUT2D eigenvalue weighted by Gasteiger charge is 2.24. The molecule has 2 rings (SSSR count). The quantitative estimate of drug-likeness (QED) is 0.654. The summed E-state index contributed by atoms with van der Waals surface area (Å²) in [5.74, 6) is -0.383. The molecular weight excluding hydrogens is 404 g/mol. The summed E-state index contributed by atoms with van der Waals surface area (Å²) in [7, 11) is -3.62. The van der Waals surface area contributed by atoms with Crippen LogP contribution < -0.4 is 5.32 Å². The maximum Gasteiger partial charge on any atom is 0.257 e. The molecule has 2 aromatic rings. The molecule has 0 radical (unpaired) electrons. The molecule has 0 unspecified atom stereocenters. The van der Waals surface area contributed by atoms with Crippen LogP contribution in [-0.2, 0) is 10.0 Å². The van der Waals surface area contributed by atoms with E-state index in [9.17, 15) is 13.2 Å². The molecule has 0 heterocycles. The monoisotopic (exact) mass is 426 g/mol. The van der Waals surface area contributed by atoms with Gasteiger partial charge >= 0.3 is 0 Å². The van der Waals surface area contributed by atoms with Crippen molar-refractivity contribution < 1.29 is 13.2 Å². The lowest BCUT2D eigenvalue weighted by atomic mass is 10.2. The van der Waals surface area contributed by atoms with E-state index in [-0.39, 0.29) is 10.8 Å². The molecule has 146 valence electrons. The van der Waals surface area contributed by atoms with Crippen molar-refractivity contribution in [3.63, 3.8) is 0 Å². The lowest BCUT2D eigenvalue weighted by Crippen LogP contribution is -2.31. The molecule has 0 bridgehead atoms. The van der Waals surface area contributed by atoms with Gasteiger partial charge in [-0.15, -0.1) is 11.8 Å². The van der Waals surface area contributed by atoms with Crippen LogP contribution >= 0.6 is 23.4 Å². The van der Waals surface area contributed by atoms with Crippen LogP contribution in [0.5, 0.6) is 0 Å². The van der Waals surface area contributed by atoms with Crippen molar-refractivity contribution in [2.24, 2.45) is 0 Å². The Balaban J connectivity index is 2.38. The van der Waals surface area contributed by atoms with E-state index in [0.29, 0.717) is 34.9 Å². The Kier molecular flexibility index (Phi) is 7.33. The molecule has 0 aromatic heterocycles. The lowest BCUT2D eigenvalue weighted by molar-refractivity contribution is 0.102. The Hall–Kier alpha value is -1.54. The van der Waals surface area contributed by atoms with Crippen LogP contribution in [0.15, 0.2) is 46.2 Å². The van der Waals surface area contributed by atoms with E-state index in [2.05, 4.69) is 5.32 Å². The standard InChI is InChI=1S/C19H23ClN2O3S2/c1-5-22(6-2)27(24,25)18-11-14(8-7-13(18)3)21-19(23)16-12-15(26-4)9-10-17(16)20/h7-12H,5-6H2,1-4H3,(H,21,23). The van der Waals surface area contributed by atoms with Crippen LogP contribution in [0.2, 0.25) is 5.02 Å². The Bertz CT molecular complexity index is 942. The Morgan fingerprint density at radius 2 is 1.81 bits per heavy atom. The van der Waals surface area contributed by atoms with E-state index in [0.717, 1.165) is 4.90 Å². The van der Waals surface area contributed by atoms with Gasteiger partial charge in [-0.2, -0.15) is 4.31 Å². The van der Waals surface area contributed by atoms with E-state index in [1.165, 1.54) is 22.1 Å². The third-order valence-electron chi connectivity index (χ3n) is 4.19. The van der Waals surface area contributed by atoms with Gasteiger partial charge in [-0.1, -0.05) is 31.5 Å². The molecule has 2 aromatic carbocycles. The van der Waals surface area contributed by atoms with Gasteiger partial charge in [0.2, 0.25) is 10.0 Å². The van der Waals surface area contributed by atoms with E-state index in [1.54, 1.807) is 45.0 Å². The van der Waals surface area contributed by atoms with Crippen LogP contribution in [0.1, 0.15) is 29.8 Å². The van der Waals surface area contributed by atoms with E-state index in [4.69, 9.17) is 11.6 Å². The summed E-state index contributed by atoms with van der Waals surface area (Å²) in [6.07, 6.45) is 1.91. The first kappa shape index (κ1) is 21.8. The molecule has 1 N–H and O–H groups in total. The second-order valence-electron chi connectivity index (χ2n) is 5.87. The second kappa shape index (κ2) is 9.10. The number of thioether (sulfide) groups is 1. The summed E-state index contributed by atoms with van der Waals surface area (Å²) in [4.78, 5) is 13.7. The molecule has 0 aliphatic heterocycles. The molecule has 0 fully saturated rings. The third kappa shape index (κ3) is 4.85. The number of hydrogen-bond donors (Lipinski definition) is 1. The predicted molar refractivity (Wildman–Crippen MR) is 112 cm³/mol. The van der Waals surface area contributed by atoms with Gasteiger partial charge in [0.1, 0.15) is 0 Å². The van der Waals surface area contributed by atoms with E-state index in [1.807, 2.05) is 12.3 Å². The summed E-state index contributed by atoms with van der Waals surface area (Å²) in [6, 6.07) is 10.1. The normalized spacial score (nSPS) is 11.6. The van der Waals surface area contributed by atoms with Crippen LogP contribution in [0, 0.1) is 6.92 Å². The minimum Gasteiger partial charge on any atom is -0.322 e. The Morgan fingerprint density at radius 3 is 2.41 bits per heavy atom. The van der Waals surface area contributed by atoms with Crippen molar-refractivity contribution in [2.75, 3.05) is 24.7 Å². The number of rotatable bonds is 7. The van der Waals surface area contributed by atoms with Crippen LogP contribution in [0.3, 0.4) is 0 Å². The number of amides is 1. The SMILES string of the molecule is CCN(CC)S(=O)(=O)c1cc(NC(=O)c2cc(SC)ccc2Cl)ccc1C. The first-order chi connectivity index (χ1) is 12.7. The number of carbonyl (C=O) groups excluding carboxylic acids is 1.